The van der Waals surface area contributed by atoms with Gasteiger partial charge in [-0.25, -0.2) is 4.39 Å². The molecule has 0 fully saturated rings. The maximum atomic E-state index is 12.9. The molecule has 1 heterocycles. The van der Waals surface area contributed by atoms with Crippen molar-refractivity contribution >= 4 is 10.9 Å². The molecular weight excluding hydrogens is 277 g/mol. The summed E-state index contributed by atoms with van der Waals surface area (Å²) in [5.41, 5.74) is 3.65. The molecule has 0 saturated heterocycles. The number of halogens is 1. The number of aryl methyl sites for hydroxylation is 1. The maximum Gasteiger partial charge on any atom is 0.128 e. The van der Waals surface area contributed by atoms with Crippen LogP contribution in [0.15, 0.2) is 48.5 Å². The molecule has 3 aromatic rings. The Kier molecular flexibility index (Phi) is 3.88. The summed E-state index contributed by atoms with van der Waals surface area (Å²) in [6, 6.07) is 15.0. The summed E-state index contributed by atoms with van der Waals surface area (Å²) in [5, 5.41) is 1.23. The number of ether oxygens (including phenoxy) is 1. The molecule has 0 unspecified atom stereocenters. The van der Waals surface area contributed by atoms with Crippen LogP contribution in [0.5, 0.6) is 5.75 Å². The largest absolute Gasteiger partial charge is 0.487 e. The molecule has 0 aliphatic rings. The number of hydrogen-bond acceptors (Lipinski definition) is 1. The summed E-state index contributed by atoms with van der Waals surface area (Å²) in [4.78, 5) is 0. The van der Waals surface area contributed by atoms with Gasteiger partial charge in [-0.3, -0.25) is 0 Å². The van der Waals surface area contributed by atoms with Gasteiger partial charge in [0, 0.05) is 11.4 Å². The van der Waals surface area contributed by atoms with Crippen LogP contribution in [0.2, 0.25) is 0 Å². The molecule has 0 amide bonds. The van der Waals surface area contributed by atoms with Crippen molar-refractivity contribution in [3.63, 3.8) is 0 Å². The highest BCUT2D eigenvalue weighted by atomic mass is 19.1. The first-order valence-electron chi connectivity index (χ1n) is 7.54. The second-order valence-corrected chi connectivity index (χ2v) is 5.85. The Labute approximate surface area is 130 Å². The lowest BCUT2D eigenvalue weighted by Crippen LogP contribution is -2.08. The van der Waals surface area contributed by atoms with Crippen molar-refractivity contribution in [2.24, 2.45) is 0 Å². The van der Waals surface area contributed by atoms with Crippen molar-refractivity contribution in [1.29, 1.82) is 0 Å². The van der Waals surface area contributed by atoms with Gasteiger partial charge in [0.15, 0.2) is 0 Å². The van der Waals surface area contributed by atoms with Crippen molar-refractivity contribution in [3.05, 3.63) is 65.6 Å². The predicted octanol–water partition coefficient (Wildman–Crippen LogP) is 5.25. The van der Waals surface area contributed by atoms with E-state index >= 15 is 0 Å². The van der Waals surface area contributed by atoms with E-state index in [4.69, 9.17) is 4.74 Å². The van der Waals surface area contributed by atoms with Crippen LogP contribution < -0.4 is 4.74 Å². The zero-order chi connectivity index (χ0) is 15.7. The Bertz CT molecular complexity index is 787. The van der Waals surface area contributed by atoms with Crippen LogP contribution >= 0.6 is 0 Å². The number of aromatic nitrogens is 1. The molecule has 0 saturated carbocycles. The van der Waals surface area contributed by atoms with Gasteiger partial charge in [-0.05, 0) is 56.7 Å². The number of para-hydroxylation sites is 1. The molecule has 3 heteroatoms. The van der Waals surface area contributed by atoms with Gasteiger partial charge in [-0.1, -0.05) is 18.2 Å². The highest BCUT2D eigenvalue weighted by Gasteiger charge is 2.13. The van der Waals surface area contributed by atoms with Crippen molar-refractivity contribution in [2.45, 2.75) is 33.4 Å². The van der Waals surface area contributed by atoms with E-state index in [0.717, 1.165) is 5.69 Å². The third kappa shape index (κ3) is 2.71. The second kappa shape index (κ2) is 5.84. The summed E-state index contributed by atoms with van der Waals surface area (Å²) < 4.78 is 21.1. The molecule has 0 aliphatic heterocycles. The molecular formula is C19H20FNO. The van der Waals surface area contributed by atoms with Crippen molar-refractivity contribution in [1.82, 2.24) is 4.57 Å². The first-order valence-corrected chi connectivity index (χ1v) is 7.54. The van der Waals surface area contributed by atoms with E-state index in [0.29, 0.717) is 18.4 Å². The number of hydrogen-bond donors (Lipinski definition) is 0. The number of fused-ring (bicyclic) bond motifs is 1. The van der Waals surface area contributed by atoms with Crippen LogP contribution in [0.4, 0.5) is 4.39 Å². The van der Waals surface area contributed by atoms with Crippen LogP contribution in [0.25, 0.3) is 10.9 Å². The highest BCUT2D eigenvalue weighted by Crippen LogP contribution is 2.27. The van der Waals surface area contributed by atoms with E-state index in [1.807, 2.05) is 0 Å². The smallest absolute Gasteiger partial charge is 0.128 e. The van der Waals surface area contributed by atoms with Gasteiger partial charge in [0.25, 0.3) is 0 Å². The van der Waals surface area contributed by atoms with Gasteiger partial charge in [-0.15, -0.1) is 0 Å². The Balaban J connectivity index is 1.94. The Hall–Kier alpha value is -2.29. The van der Waals surface area contributed by atoms with E-state index in [2.05, 4.69) is 49.6 Å². The van der Waals surface area contributed by atoms with Gasteiger partial charge in [-0.2, -0.15) is 0 Å². The van der Waals surface area contributed by atoms with E-state index in [9.17, 15) is 4.39 Å². The molecule has 114 valence electrons. The van der Waals surface area contributed by atoms with Gasteiger partial charge >= 0.3 is 0 Å². The fourth-order valence-corrected chi connectivity index (χ4v) is 2.91. The molecule has 2 aromatic carbocycles. The predicted molar refractivity (Wildman–Crippen MR) is 87.8 cm³/mol. The van der Waals surface area contributed by atoms with Gasteiger partial charge < -0.3 is 9.30 Å². The number of benzene rings is 2. The van der Waals surface area contributed by atoms with E-state index in [1.165, 1.54) is 28.6 Å². The number of rotatable bonds is 4. The average Bonchev–Trinajstić information content (AvgIpc) is 2.87. The van der Waals surface area contributed by atoms with Crippen LogP contribution in [-0.4, -0.2) is 4.57 Å². The lowest BCUT2D eigenvalue weighted by Gasteiger charge is -2.16. The summed E-state index contributed by atoms with van der Waals surface area (Å²) in [6.45, 7) is 6.95. The summed E-state index contributed by atoms with van der Waals surface area (Å²) >= 11 is 0. The van der Waals surface area contributed by atoms with Gasteiger partial charge in [0.2, 0.25) is 0 Å². The Morgan fingerprint density at radius 3 is 2.50 bits per heavy atom. The monoisotopic (exact) mass is 297 g/mol. The average molecular weight is 297 g/mol. The lowest BCUT2D eigenvalue weighted by molar-refractivity contribution is 0.292. The summed E-state index contributed by atoms with van der Waals surface area (Å²) in [5.74, 6) is 0.429. The Morgan fingerprint density at radius 1 is 1.09 bits per heavy atom. The molecule has 22 heavy (non-hydrogen) atoms. The zero-order valence-corrected chi connectivity index (χ0v) is 13.1. The molecule has 1 aromatic heterocycles. The minimum absolute atomic E-state index is 0.251. The minimum Gasteiger partial charge on any atom is -0.487 e. The maximum absolute atomic E-state index is 12.9. The molecule has 0 N–H and O–H groups in total. The molecule has 0 spiro atoms. The van der Waals surface area contributed by atoms with E-state index in [-0.39, 0.29) is 5.82 Å². The van der Waals surface area contributed by atoms with E-state index < -0.39 is 0 Å². The fraction of sp³-hybridized carbons (Fsp3) is 0.263. The second-order valence-electron chi connectivity index (χ2n) is 5.85. The highest BCUT2D eigenvalue weighted by molar-refractivity contribution is 5.84. The Morgan fingerprint density at radius 2 is 1.82 bits per heavy atom. The van der Waals surface area contributed by atoms with Crippen LogP contribution in [0, 0.1) is 12.7 Å². The molecule has 0 bridgehead atoms. The van der Waals surface area contributed by atoms with Crippen LogP contribution in [-0.2, 0) is 6.61 Å². The topological polar surface area (TPSA) is 14.2 Å². The van der Waals surface area contributed by atoms with Gasteiger partial charge in [0.05, 0.1) is 11.2 Å². The lowest BCUT2D eigenvalue weighted by atomic mass is 10.1. The first kappa shape index (κ1) is 14.6. The van der Waals surface area contributed by atoms with E-state index in [1.54, 1.807) is 12.1 Å². The molecule has 0 atom stereocenters. The number of nitrogens with zero attached hydrogens (tertiary/aromatic N) is 1. The van der Waals surface area contributed by atoms with Crippen LogP contribution in [0.3, 0.4) is 0 Å². The normalized spacial score (nSPS) is 11.3. The quantitative estimate of drug-likeness (QED) is 0.641. The van der Waals surface area contributed by atoms with Crippen molar-refractivity contribution < 1.29 is 9.13 Å². The minimum atomic E-state index is -0.251. The van der Waals surface area contributed by atoms with Crippen LogP contribution in [0.1, 0.15) is 31.1 Å². The van der Waals surface area contributed by atoms with Crippen molar-refractivity contribution in [2.75, 3.05) is 0 Å². The fourth-order valence-electron chi connectivity index (χ4n) is 2.91. The first-order chi connectivity index (χ1) is 10.6. The molecule has 0 aliphatic carbocycles. The molecule has 3 rings (SSSR count). The third-order valence-corrected chi connectivity index (χ3v) is 3.86. The molecule has 0 radical (unpaired) electrons. The summed E-state index contributed by atoms with van der Waals surface area (Å²) in [7, 11) is 0. The SMILES string of the molecule is Cc1cccc2cc(COc3ccc(F)cc3)n(C(C)C)c12. The van der Waals surface area contributed by atoms with Gasteiger partial charge in [0.1, 0.15) is 18.2 Å². The standard InChI is InChI=1S/C19H20FNO/c1-13(2)21-17(11-15-6-4-5-14(3)19(15)21)12-22-18-9-7-16(20)8-10-18/h4-11,13H,12H2,1-3H3. The molecule has 2 nitrogen and oxygen atoms in total. The summed E-state index contributed by atoms with van der Waals surface area (Å²) in [6.07, 6.45) is 0. The third-order valence-electron chi connectivity index (χ3n) is 3.86. The zero-order valence-electron chi connectivity index (χ0n) is 13.1. The van der Waals surface area contributed by atoms with Crippen molar-refractivity contribution in [3.8, 4) is 5.75 Å².